The molecule has 0 unspecified atom stereocenters. The molecule has 2 aromatic carbocycles. The molecule has 0 amide bonds. The molecule has 0 saturated carbocycles. The molecule has 0 aliphatic heterocycles. The monoisotopic (exact) mass is 366 g/mol. The zero-order chi connectivity index (χ0) is 19.7. The Morgan fingerprint density at radius 3 is 2.46 bits per heavy atom. The van der Waals surface area contributed by atoms with Crippen LogP contribution >= 0.6 is 0 Å². The van der Waals surface area contributed by atoms with E-state index in [1.54, 1.807) is 34.6 Å². The highest BCUT2D eigenvalue weighted by Crippen LogP contribution is 2.31. The van der Waals surface area contributed by atoms with Gasteiger partial charge in [-0.25, -0.2) is 4.68 Å². The lowest BCUT2D eigenvalue weighted by Crippen LogP contribution is -2.15. The number of hydrogen-bond acceptors (Lipinski definition) is 3. The van der Waals surface area contributed by atoms with Gasteiger partial charge in [-0.05, 0) is 30.2 Å². The van der Waals surface area contributed by atoms with Crippen molar-refractivity contribution in [2.24, 2.45) is 7.05 Å². The van der Waals surface area contributed by atoms with Gasteiger partial charge in [0.2, 0.25) is 0 Å². The van der Waals surface area contributed by atoms with Crippen LogP contribution < -0.4 is 5.56 Å². The minimum atomic E-state index is -0.0680. The first-order valence-corrected chi connectivity index (χ1v) is 8.89. The molecule has 0 radical (unpaired) electrons. The van der Waals surface area contributed by atoms with Gasteiger partial charge in [0, 0.05) is 36.6 Å². The molecule has 2 aromatic heterocycles. The molecule has 0 aliphatic rings. The quantitative estimate of drug-likeness (QED) is 0.549. The molecule has 0 spiro atoms. The molecule has 5 nitrogen and oxygen atoms in total. The Hall–Kier alpha value is -3.91. The standard InChI is InChI=1S/C23H18N4O/c1-16-7-9-17(10-8-16)20-11-23(28)26(2)15-21(20)19-13-25-27(14-19)22-6-4-3-5-18(22)12-24/h3-11,13-15H,1-2H3. The van der Waals surface area contributed by atoms with Gasteiger partial charge in [-0.3, -0.25) is 4.79 Å². The maximum absolute atomic E-state index is 12.3. The van der Waals surface area contributed by atoms with Gasteiger partial charge in [0.25, 0.3) is 5.56 Å². The van der Waals surface area contributed by atoms with Crippen molar-refractivity contribution >= 4 is 0 Å². The number of aromatic nitrogens is 3. The van der Waals surface area contributed by atoms with Gasteiger partial charge >= 0.3 is 0 Å². The fraction of sp³-hybridized carbons (Fsp3) is 0.0870. The molecule has 4 aromatic rings. The van der Waals surface area contributed by atoms with E-state index in [1.165, 1.54) is 0 Å². The summed E-state index contributed by atoms with van der Waals surface area (Å²) in [6, 6.07) is 19.3. The van der Waals surface area contributed by atoms with Crippen LogP contribution in [0.1, 0.15) is 11.1 Å². The van der Waals surface area contributed by atoms with E-state index in [-0.39, 0.29) is 5.56 Å². The summed E-state index contributed by atoms with van der Waals surface area (Å²) in [6.45, 7) is 2.03. The molecular formula is C23H18N4O. The first-order chi connectivity index (χ1) is 13.6. The first-order valence-electron chi connectivity index (χ1n) is 8.89. The summed E-state index contributed by atoms with van der Waals surface area (Å²) in [5, 5.41) is 13.8. The second kappa shape index (κ2) is 7.01. The zero-order valence-electron chi connectivity index (χ0n) is 15.6. The largest absolute Gasteiger partial charge is 0.318 e. The fourth-order valence-corrected chi connectivity index (χ4v) is 3.19. The van der Waals surface area contributed by atoms with Crippen molar-refractivity contribution in [2.75, 3.05) is 0 Å². The van der Waals surface area contributed by atoms with E-state index < -0.39 is 0 Å². The molecular weight excluding hydrogens is 348 g/mol. The van der Waals surface area contributed by atoms with E-state index in [2.05, 4.69) is 11.2 Å². The summed E-state index contributed by atoms with van der Waals surface area (Å²) in [5.74, 6) is 0. The summed E-state index contributed by atoms with van der Waals surface area (Å²) in [5.41, 5.74) is 5.98. The number of aryl methyl sites for hydroxylation is 2. The second-order valence-electron chi connectivity index (χ2n) is 6.72. The van der Waals surface area contributed by atoms with Crippen LogP contribution in [0.15, 0.2) is 78.0 Å². The zero-order valence-corrected chi connectivity index (χ0v) is 15.6. The number of para-hydroxylation sites is 1. The Bertz CT molecular complexity index is 1260. The molecule has 0 atom stereocenters. The van der Waals surface area contributed by atoms with Crippen LogP contribution in [0.3, 0.4) is 0 Å². The minimum Gasteiger partial charge on any atom is -0.318 e. The molecule has 0 N–H and O–H groups in total. The molecule has 0 fully saturated rings. The topological polar surface area (TPSA) is 63.6 Å². The van der Waals surface area contributed by atoms with Crippen LogP contribution in [0.4, 0.5) is 0 Å². The molecule has 0 saturated heterocycles. The SMILES string of the molecule is Cc1ccc(-c2cc(=O)n(C)cc2-c2cnn(-c3ccccc3C#N)c2)cc1. The van der Waals surface area contributed by atoms with E-state index in [0.717, 1.165) is 33.5 Å². The summed E-state index contributed by atoms with van der Waals surface area (Å²) < 4.78 is 3.26. The van der Waals surface area contributed by atoms with Crippen molar-refractivity contribution in [1.29, 1.82) is 5.26 Å². The van der Waals surface area contributed by atoms with Gasteiger partial charge in [0.05, 0.1) is 17.4 Å². The van der Waals surface area contributed by atoms with Gasteiger partial charge in [0.15, 0.2) is 0 Å². The molecule has 0 bridgehead atoms. The maximum atomic E-state index is 12.3. The Balaban J connectivity index is 1.88. The Morgan fingerprint density at radius 1 is 0.964 bits per heavy atom. The van der Waals surface area contributed by atoms with E-state index in [4.69, 9.17) is 0 Å². The maximum Gasteiger partial charge on any atom is 0.250 e. The van der Waals surface area contributed by atoms with Crippen molar-refractivity contribution in [3.8, 4) is 34.0 Å². The van der Waals surface area contributed by atoms with Crippen LogP contribution in [0, 0.1) is 18.3 Å². The molecule has 5 heteroatoms. The van der Waals surface area contributed by atoms with E-state index in [9.17, 15) is 10.1 Å². The predicted molar refractivity (Wildman–Crippen MR) is 109 cm³/mol. The van der Waals surface area contributed by atoms with Crippen LogP contribution in [-0.4, -0.2) is 14.3 Å². The molecule has 136 valence electrons. The third-order valence-electron chi connectivity index (χ3n) is 4.76. The van der Waals surface area contributed by atoms with Crippen molar-refractivity contribution < 1.29 is 0 Å². The Labute approximate surface area is 162 Å². The number of hydrogen-bond donors (Lipinski definition) is 0. The van der Waals surface area contributed by atoms with Gasteiger partial charge < -0.3 is 4.57 Å². The van der Waals surface area contributed by atoms with Crippen LogP contribution in [-0.2, 0) is 7.05 Å². The average molecular weight is 366 g/mol. The van der Waals surface area contributed by atoms with Crippen LogP contribution in [0.2, 0.25) is 0 Å². The van der Waals surface area contributed by atoms with Crippen molar-refractivity contribution in [1.82, 2.24) is 14.3 Å². The van der Waals surface area contributed by atoms with Gasteiger partial charge in [-0.2, -0.15) is 10.4 Å². The second-order valence-corrected chi connectivity index (χ2v) is 6.72. The lowest BCUT2D eigenvalue weighted by atomic mass is 9.97. The predicted octanol–water partition coefficient (Wildman–Crippen LogP) is 4.09. The molecule has 28 heavy (non-hydrogen) atoms. The highest BCUT2D eigenvalue weighted by Gasteiger charge is 2.13. The smallest absolute Gasteiger partial charge is 0.250 e. The summed E-state index contributed by atoms with van der Waals surface area (Å²) in [6.07, 6.45) is 5.47. The lowest BCUT2D eigenvalue weighted by Gasteiger charge is -2.10. The van der Waals surface area contributed by atoms with Gasteiger partial charge in [-0.15, -0.1) is 0 Å². The van der Waals surface area contributed by atoms with Crippen LogP contribution in [0.5, 0.6) is 0 Å². The van der Waals surface area contributed by atoms with E-state index in [1.807, 2.05) is 61.8 Å². The van der Waals surface area contributed by atoms with Crippen LogP contribution in [0.25, 0.3) is 27.9 Å². The Morgan fingerprint density at radius 2 is 1.71 bits per heavy atom. The van der Waals surface area contributed by atoms with Crippen molar-refractivity contribution in [3.05, 3.63) is 94.7 Å². The first kappa shape index (κ1) is 17.5. The Kier molecular flexibility index (Phi) is 4.38. The molecule has 2 heterocycles. The number of rotatable bonds is 3. The molecule has 4 rings (SSSR count). The van der Waals surface area contributed by atoms with E-state index in [0.29, 0.717) is 5.56 Å². The summed E-state index contributed by atoms with van der Waals surface area (Å²) in [7, 11) is 1.74. The third kappa shape index (κ3) is 3.12. The number of pyridine rings is 1. The minimum absolute atomic E-state index is 0.0680. The van der Waals surface area contributed by atoms with Crippen molar-refractivity contribution in [2.45, 2.75) is 6.92 Å². The number of benzene rings is 2. The third-order valence-corrected chi connectivity index (χ3v) is 4.76. The highest BCUT2D eigenvalue weighted by molar-refractivity contribution is 5.82. The highest BCUT2D eigenvalue weighted by atomic mass is 16.1. The normalized spacial score (nSPS) is 10.6. The fourth-order valence-electron chi connectivity index (χ4n) is 3.19. The average Bonchev–Trinajstić information content (AvgIpc) is 3.20. The van der Waals surface area contributed by atoms with Crippen molar-refractivity contribution in [3.63, 3.8) is 0 Å². The van der Waals surface area contributed by atoms with E-state index >= 15 is 0 Å². The lowest BCUT2D eigenvalue weighted by molar-refractivity contribution is 0.863. The summed E-state index contributed by atoms with van der Waals surface area (Å²) >= 11 is 0. The summed E-state index contributed by atoms with van der Waals surface area (Å²) in [4.78, 5) is 12.3. The van der Waals surface area contributed by atoms with Gasteiger partial charge in [0.1, 0.15) is 6.07 Å². The molecule has 0 aliphatic carbocycles. The number of nitrogens with zero attached hydrogens (tertiary/aromatic N) is 4. The van der Waals surface area contributed by atoms with Gasteiger partial charge in [-0.1, -0.05) is 42.0 Å². The number of nitriles is 1.